The van der Waals surface area contributed by atoms with E-state index in [-0.39, 0.29) is 11.9 Å². The summed E-state index contributed by atoms with van der Waals surface area (Å²) in [5.74, 6) is 0.0647. The fraction of sp³-hybridized carbons (Fsp3) is 0.700. The largest absolute Gasteiger partial charge is 0.435 e. The standard InChI is InChI=1S/C20H28F2N2O4S/c1-23(15-10-20(11-15)13-26-14-20)7-6-17-12-24(8-9-27-17)29(25)18-4-2-16(3-5-18)28-19(21)22/h2-5,15,17,19H,6-14H2,1H3. The second kappa shape index (κ2) is 8.93. The molecular formula is C20H28F2N2O4S. The van der Waals surface area contributed by atoms with Gasteiger partial charge in [0.15, 0.2) is 0 Å². The molecule has 0 bridgehead atoms. The molecule has 29 heavy (non-hydrogen) atoms. The smallest absolute Gasteiger partial charge is 0.387 e. The Bertz CT molecular complexity index is 709. The first-order valence-electron chi connectivity index (χ1n) is 10.1. The molecule has 1 aromatic carbocycles. The van der Waals surface area contributed by atoms with Crippen LogP contribution in [0.5, 0.6) is 5.75 Å². The molecule has 2 unspecified atom stereocenters. The number of benzene rings is 1. The van der Waals surface area contributed by atoms with Gasteiger partial charge in [-0.2, -0.15) is 8.78 Å². The van der Waals surface area contributed by atoms with Crippen molar-refractivity contribution < 1.29 is 27.2 Å². The van der Waals surface area contributed by atoms with Gasteiger partial charge in [0.1, 0.15) is 16.7 Å². The average Bonchev–Trinajstić information content (AvgIpc) is 2.64. The number of alkyl halides is 2. The monoisotopic (exact) mass is 430 g/mol. The minimum atomic E-state index is -2.86. The van der Waals surface area contributed by atoms with Gasteiger partial charge in [0, 0.05) is 31.1 Å². The van der Waals surface area contributed by atoms with Gasteiger partial charge in [0.05, 0.1) is 30.8 Å². The van der Waals surface area contributed by atoms with Crippen LogP contribution in [-0.4, -0.2) is 78.7 Å². The summed E-state index contributed by atoms with van der Waals surface area (Å²) >= 11 is 0. The Labute approximate surface area is 172 Å². The van der Waals surface area contributed by atoms with E-state index in [0.29, 0.717) is 36.0 Å². The number of hydrogen-bond acceptors (Lipinski definition) is 5. The molecule has 9 heteroatoms. The molecule has 2 atom stereocenters. The third-order valence-electron chi connectivity index (χ3n) is 6.17. The lowest BCUT2D eigenvalue weighted by Gasteiger charge is -2.55. The van der Waals surface area contributed by atoms with Crippen LogP contribution in [0.1, 0.15) is 19.3 Å². The van der Waals surface area contributed by atoms with Crippen LogP contribution in [0.15, 0.2) is 29.2 Å². The molecule has 162 valence electrons. The highest BCUT2D eigenvalue weighted by Gasteiger charge is 2.50. The number of halogens is 2. The zero-order chi connectivity index (χ0) is 20.4. The molecule has 1 aliphatic carbocycles. The molecule has 1 saturated carbocycles. The summed E-state index contributed by atoms with van der Waals surface area (Å²) < 4.78 is 54.9. The summed E-state index contributed by atoms with van der Waals surface area (Å²) in [5, 5.41) is 0. The Morgan fingerprint density at radius 3 is 2.66 bits per heavy atom. The fourth-order valence-corrected chi connectivity index (χ4v) is 5.52. The Hall–Kier alpha value is -1.13. The molecule has 1 aromatic rings. The lowest BCUT2D eigenvalue weighted by Crippen LogP contribution is -2.59. The predicted molar refractivity (Wildman–Crippen MR) is 104 cm³/mol. The highest BCUT2D eigenvalue weighted by atomic mass is 32.2. The molecule has 3 aliphatic rings. The van der Waals surface area contributed by atoms with Gasteiger partial charge in [0.25, 0.3) is 0 Å². The number of ether oxygens (including phenoxy) is 3. The van der Waals surface area contributed by atoms with Crippen LogP contribution in [0.2, 0.25) is 0 Å². The molecule has 0 aromatic heterocycles. The maximum Gasteiger partial charge on any atom is 0.387 e. The minimum absolute atomic E-state index is 0.0395. The fourth-order valence-electron chi connectivity index (χ4n) is 4.31. The van der Waals surface area contributed by atoms with E-state index in [9.17, 15) is 13.0 Å². The number of hydrogen-bond donors (Lipinski definition) is 0. The van der Waals surface area contributed by atoms with Crippen LogP contribution < -0.4 is 4.74 Å². The van der Waals surface area contributed by atoms with Crippen LogP contribution in [0.3, 0.4) is 0 Å². The molecule has 1 spiro atoms. The number of rotatable bonds is 8. The summed E-state index contributed by atoms with van der Waals surface area (Å²) in [6.07, 6.45) is 3.37. The van der Waals surface area contributed by atoms with Crippen LogP contribution in [0.25, 0.3) is 0 Å². The number of nitrogens with zero attached hydrogens (tertiary/aromatic N) is 2. The molecular weight excluding hydrogens is 402 g/mol. The molecule has 2 saturated heterocycles. The van der Waals surface area contributed by atoms with E-state index in [1.165, 1.54) is 25.0 Å². The highest BCUT2D eigenvalue weighted by molar-refractivity contribution is 7.82. The van der Waals surface area contributed by atoms with E-state index < -0.39 is 17.6 Å². The predicted octanol–water partition coefficient (Wildman–Crippen LogP) is 2.51. The molecule has 2 heterocycles. The SMILES string of the molecule is CN(CCC1CN(S(=O)c2ccc(OC(F)F)cc2)CCO1)C1CC2(COC2)C1. The second-order valence-corrected chi connectivity index (χ2v) is 9.79. The van der Waals surface area contributed by atoms with Gasteiger partial charge in [0.2, 0.25) is 0 Å². The molecule has 0 amide bonds. The Balaban J connectivity index is 1.24. The zero-order valence-corrected chi connectivity index (χ0v) is 17.4. The number of morpholine rings is 1. The van der Waals surface area contributed by atoms with Crippen molar-refractivity contribution in [3.8, 4) is 5.75 Å². The van der Waals surface area contributed by atoms with E-state index in [4.69, 9.17) is 9.47 Å². The highest BCUT2D eigenvalue weighted by Crippen LogP contribution is 2.48. The summed E-state index contributed by atoms with van der Waals surface area (Å²) in [6, 6.07) is 6.61. The van der Waals surface area contributed by atoms with Crippen LogP contribution in [0.4, 0.5) is 8.78 Å². The van der Waals surface area contributed by atoms with Crippen LogP contribution in [0, 0.1) is 5.41 Å². The minimum Gasteiger partial charge on any atom is -0.435 e. The van der Waals surface area contributed by atoms with E-state index in [0.717, 1.165) is 26.2 Å². The van der Waals surface area contributed by atoms with Gasteiger partial charge in [-0.1, -0.05) is 0 Å². The third-order valence-corrected chi connectivity index (χ3v) is 7.64. The van der Waals surface area contributed by atoms with Crippen LogP contribution in [-0.2, 0) is 20.5 Å². The molecule has 0 radical (unpaired) electrons. The van der Waals surface area contributed by atoms with Crippen LogP contribution >= 0.6 is 0 Å². The quantitative estimate of drug-likeness (QED) is 0.634. The molecule has 4 rings (SSSR count). The van der Waals surface area contributed by atoms with E-state index in [2.05, 4.69) is 16.7 Å². The van der Waals surface area contributed by atoms with Gasteiger partial charge in [-0.05, 0) is 50.6 Å². The van der Waals surface area contributed by atoms with Crippen molar-refractivity contribution in [3.05, 3.63) is 24.3 Å². The van der Waals surface area contributed by atoms with Crippen molar-refractivity contribution in [2.24, 2.45) is 5.41 Å². The van der Waals surface area contributed by atoms with Gasteiger partial charge in [-0.25, -0.2) is 8.51 Å². The normalized spacial score (nSPS) is 25.8. The van der Waals surface area contributed by atoms with Crippen molar-refractivity contribution in [3.63, 3.8) is 0 Å². The first-order valence-corrected chi connectivity index (χ1v) is 11.2. The van der Waals surface area contributed by atoms with Crippen molar-refractivity contribution in [1.82, 2.24) is 9.21 Å². The average molecular weight is 431 g/mol. The second-order valence-electron chi connectivity index (χ2n) is 8.30. The summed E-state index contributed by atoms with van der Waals surface area (Å²) in [5.41, 5.74) is 0.462. The van der Waals surface area contributed by atoms with E-state index in [1.807, 2.05) is 4.31 Å². The lowest BCUT2D eigenvalue weighted by molar-refractivity contribution is -0.182. The third kappa shape index (κ3) is 4.96. The molecule has 0 N–H and O–H groups in total. The Morgan fingerprint density at radius 2 is 2.03 bits per heavy atom. The van der Waals surface area contributed by atoms with Crippen molar-refractivity contribution in [2.75, 3.05) is 46.5 Å². The van der Waals surface area contributed by atoms with E-state index >= 15 is 0 Å². The molecule has 3 fully saturated rings. The van der Waals surface area contributed by atoms with Gasteiger partial charge >= 0.3 is 6.61 Å². The van der Waals surface area contributed by atoms with Gasteiger partial charge in [-0.3, -0.25) is 0 Å². The molecule has 2 aliphatic heterocycles. The van der Waals surface area contributed by atoms with Crippen molar-refractivity contribution in [1.29, 1.82) is 0 Å². The maximum atomic E-state index is 12.9. The summed E-state index contributed by atoms with van der Waals surface area (Å²) in [6.45, 7) is 1.63. The van der Waals surface area contributed by atoms with E-state index in [1.54, 1.807) is 12.1 Å². The van der Waals surface area contributed by atoms with Crippen molar-refractivity contribution in [2.45, 2.75) is 42.9 Å². The van der Waals surface area contributed by atoms with Crippen molar-refractivity contribution >= 4 is 11.0 Å². The Kier molecular flexibility index (Phi) is 6.50. The van der Waals surface area contributed by atoms with Gasteiger partial charge in [-0.15, -0.1) is 0 Å². The topological polar surface area (TPSA) is 51.2 Å². The summed E-state index contributed by atoms with van der Waals surface area (Å²) in [7, 11) is 0.819. The first-order chi connectivity index (χ1) is 13.9. The maximum absolute atomic E-state index is 12.9. The Morgan fingerprint density at radius 1 is 1.31 bits per heavy atom. The first kappa shape index (κ1) is 21.1. The lowest BCUT2D eigenvalue weighted by atomic mass is 9.63. The van der Waals surface area contributed by atoms with Gasteiger partial charge < -0.3 is 19.1 Å². The molecule has 6 nitrogen and oxygen atoms in total. The zero-order valence-electron chi connectivity index (χ0n) is 16.6. The summed E-state index contributed by atoms with van der Waals surface area (Å²) in [4.78, 5) is 2.98.